The number of pyridine rings is 1. The molecule has 0 fully saturated rings. The summed E-state index contributed by atoms with van der Waals surface area (Å²) in [5.74, 6) is 0.832. The Balaban J connectivity index is 3.19. The minimum atomic E-state index is -0.981. The van der Waals surface area contributed by atoms with Crippen LogP contribution in [0.3, 0.4) is 0 Å². The van der Waals surface area contributed by atoms with Crippen LogP contribution >= 0.6 is 0 Å². The lowest BCUT2D eigenvalue weighted by atomic mass is 9.73. The van der Waals surface area contributed by atoms with Crippen LogP contribution in [0, 0.1) is 19.3 Å². The monoisotopic (exact) mass is 266 g/mol. The third-order valence-electron chi connectivity index (χ3n) is 3.94. The Morgan fingerprint density at radius 3 is 2.32 bits per heavy atom. The van der Waals surface area contributed by atoms with Crippen LogP contribution in [0.2, 0.25) is 0 Å². The summed E-state index contributed by atoms with van der Waals surface area (Å²) in [6.07, 6.45) is 2.20. The molecule has 19 heavy (non-hydrogen) atoms. The first-order chi connectivity index (χ1) is 8.66. The maximum atomic E-state index is 10.8. The van der Waals surface area contributed by atoms with Gasteiger partial charge in [0.05, 0.1) is 12.7 Å². The summed E-state index contributed by atoms with van der Waals surface area (Å²) in [4.78, 5) is 4.44. The molecule has 1 unspecified atom stereocenters. The quantitative estimate of drug-likeness (QED) is 0.874. The Morgan fingerprint density at radius 1 is 1.32 bits per heavy atom. The lowest BCUT2D eigenvalue weighted by molar-refractivity contribution is -0.0498. The summed E-state index contributed by atoms with van der Waals surface area (Å²) >= 11 is 0. The van der Waals surface area contributed by atoms with Gasteiger partial charge in [0.25, 0.3) is 0 Å². The normalized spacial score (nSPS) is 15.2. The first kappa shape index (κ1) is 15.9. The highest BCUT2D eigenvalue weighted by Crippen LogP contribution is 2.34. The number of aliphatic hydroxyl groups is 1. The van der Waals surface area contributed by atoms with Crippen molar-refractivity contribution >= 4 is 0 Å². The molecule has 0 aliphatic heterocycles. The van der Waals surface area contributed by atoms with Gasteiger partial charge in [0.1, 0.15) is 5.75 Å². The maximum absolute atomic E-state index is 10.8. The van der Waals surface area contributed by atoms with Crippen molar-refractivity contribution in [3.05, 3.63) is 23.0 Å². The highest BCUT2D eigenvalue weighted by Gasteiger charge is 2.39. The Labute approximate surface area is 116 Å². The van der Waals surface area contributed by atoms with Crippen molar-refractivity contribution < 1.29 is 9.84 Å². The number of hydrogen-bond acceptors (Lipinski definition) is 4. The van der Waals surface area contributed by atoms with Gasteiger partial charge in [-0.05, 0) is 19.3 Å². The van der Waals surface area contributed by atoms with Crippen LogP contribution in [0.15, 0.2) is 6.20 Å². The highest BCUT2D eigenvalue weighted by atomic mass is 16.5. The van der Waals surface area contributed by atoms with E-state index in [0.717, 1.165) is 22.6 Å². The van der Waals surface area contributed by atoms with E-state index < -0.39 is 5.60 Å². The van der Waals surface area contributed by atoms with Crippen molar-refractivity contribution in [1.29, 1.82) is 0 Å². The molecule has 4 heteroatoms. The van der Waals surface area contributed by atoms with Gasteiger partial charge in [-0.25, -0.2) is 0 Å². The van der Waals surface area contributed by atoms with Gasteiger partial charge in [0.15, 0.2) is 0 Å². The zero-order valence-corrected chi connectivity index (χ0v) is 12.9. The van der Waals surface area contributed by atoms with Gasteiger partial charge in [-0.3, -0.25) is 4.98 Å². The number of methoxy groups -OCH3 is 1. The molecule has 0 radical (unpaired) electrons. The van der Waals surface area contributed by atoms with Crippen molar-refractivity contribution in [2.75, 3.05) is 13.7 Å². The average molecular weight is 266 g/mol. The van der Waals surface area contributed by atoms with Crippen molar-refractivity contribution in [2.45, 2.75) is 46.6 Å². The van der Waals surface area contributed by atoms with Gasteiger partial charge in [0, 0.05) is 36.0 Å². The first-order valence-corrected chi connectivity index (χ1v) is 6.58. The van der Waals surface area contributed by atoms with Crippen LogP contribution in [0.5, 0.6) is 5.75 Å². The van der Waals surface area contributed by atoms with Gasteiger partial charge in [-0.2, -0.15) is 0 Å². The number of ether oxygens (including phenoxy) is 1. The van der Waals surface area contributed by atoms with E-state index in [4.69, 9.17) is 10.5 Å². The van der Waals surface area contributed by atoms with Gasteiger partial charge in [-0.1, -0.05) is 20.8 Å². The summed E-state index contributed by atoms with van der Waals surface area (Å²) in [5, 5.41) is 10.8. The molecule has 108 valence electrons. The lowest BCUT2D eigenvalue weighted by Crippen LogP contribution is -2.51. The fraction of sp³-hybridized carbons (Fsp3) is 0.667. The number of aromatic nitrogens is 1. The molecule has 1 aromatic rings. The Hall–Kier alpha value is -1.13. The smallest absolute Gasteiger partial charge is 0.128 e. The van der Waals surface area contributed by atoms with E-state index in [1.807, 2.05) is 34.6 Å². The fourth-order valence-corrected chi connectivity index (χ4v) is 2.17. The van der Waals surface area contributed by atoms with Crippen LogP contribution < -0.4 is 10.5 Å². The number of hydrogen-bond donors (Lipinski definition) is 2. The summed E-state index contributed by atoms with van der Waals surface area (Å²) < 4.78 is 5.40. The molecule has 0 bridgehead atoms. The summed E-state index contributed by atoms with van der Waals surface area (Å²) in [6.45, 7) is 10.1. The summed E-state index contributed by atoms with van der Waals surface area (Å²) in [5.41, 5.74) is 7.30. The third kappa shape index (κ3) is 3.07. The molecular formula is C15H26N2O2. The zero-order chi connectivity index (χ0) is 14.8. The molecule has 3 N–H and O–H groups in total. The molecule has 1 atom stereocenters. The first-order valence-electron chi connectivity index (χ1n) is 6.58. The number of nitrogens with two attached hydrogens (primary N) is 1. The SMILES string of the molecule is COc1c(C)cnc(CC(O)(CN)C(C)(C)C)c1C. The van der Waals surface area contributed by atoms with E-state index in [9.17, 15) is 5.11 Å². The molecule has 0 amide bonds. The minimum absolute atomic E-state index is 0.202. The molecule has 1 heterocycles. The highest BCUT2D eigenvalue weighted by molar-refractivity contribution is 5.41. The second-order valence-electron chi connectivity index (χ2n) is 6.21. The predicted octanol–water partition coefficient (Wildman–Crippen LogP) is 1.99. The number of nitrogens with zero attached hydrogens (tertiary/aromatic N) is 1. The van der Waals surface area contributed by atoms with Crippen LogP contribution in [0.25, 0.3) is 0 Å². The van der Waals surface area contributed by atoms with E-state index in [2.05, 4.69) is 4.98 Å². The predicted molar refractivity (Wildman–Crippen MR) is 77.4 cm³/mol. The van der Waals surface area contributed by atoms with Gasteiger partial charge in [-0.15, -0.1) is 0 Å². The summed E-state index contributed by atoms with van der Waals surface area (Å²) in [7, 11) is 1.65. The van der Waals surface area contributed by atoms with E-state index in [0.29, 0.717) is 6.42 Å². The Morgan fingerprint density at radius 2 is 1.89 bits per heavy atom. The van der Waals surface area contributed by atoms with Crippen molar-refractivity contribution in [2.24, 2.45) is 11.1 Å². The van der Waals surface area contributed by atoms with Crippen LogP contribution in [-0.2, 0) is 6.42 Å². The Kier molecular flexibility index (Phi) is 4.59. The second kappa shape index (κ2) is 5.47. The molecule has 4 nitrogen and oxygen atoms in total. The van der Waals surface area contributed by atoms with Crippen LogP contribution in [0.1, 0.15) is 37.6 Å². The molecule has 1 rings (SSSR count). The van der Waals surface area contributed by atoms with Crippen LogP contribution in [-0.4, -0.2) is 29.3 Å². The third-order valence-corrected chi connectivity index (χ3v) is 3.94. The summed E-state index contributed by atoms with van der Waals surface area (Å²) in [6, 6.07) is 0. The molecule has 0 aliphatic rings. The molecule has 0 aromatic carbocycles. The Bertz CT molecular complexity index is 452. The van der Waals surface area contributed by atoms with Crippen molar-refractivity contribution in [3.63, 3.8) is 0 Å². The van der Waals surface area contributed by atoms with Gasteiger partial charge >= 0.3 is 0 Å². The number of aryl methyl sites for hydroxylation is 1. The zero-order valence-electron chi connectivity index (χ0n) is 12.9. The second-order valence-corrected chi connectivity index (χ2v) is 6.21. The maximum Gasteiger partial charge on any atom is 0.128 e. The van der Waals surface area contributed by atoms with Crippen LogP contribution in [0.4, 0.5) is 0 Å². The molecule has 0 saturated carbocycles. The number of rotatable bonds is 4. The average Bonchev–Trinajstić information content (AvgIpc) is 2.32. The topological polar surface area (TPSA) is 68.4 Å². The molecule has 0 saturated heterocycles. The van der Waals surface area contributed by atoms with Crippen molar-refractivity contribution in [1.82, 2.24) is 4.98 Å². The largest absolute Gasteiger partial charge is 0.496 e. The molecule has 0 aliphatic carbocycles. The van der Waals surface area contributed by atoms with E-state index >= 15 is 0 Å². The van der Waals surface area contributed by atoms with Gasteiger partial charge in [0.2, 0.25) is 0 Å². The van der Waals surface area contributed by atoms with Gasteiger partial charge < -0.3 is 15.6 Å². The fourth-order valence-electron chi connectivity index (χ4n) is 2.17. The molecule has 1 aromatic heterocycles. The molecular weight excluding hydrogens is 240 g/mol. The van der Waals surface area contributed by atoms with E-state index in [1.54, 1.807) is 13.3 Å². The van der Waals surface area contributed by atoms with E-state index in [-0.39, 0.29) is 12.0 Å². The van der Waals surface area contributed by atoms with Crippen molar-refractivity contribution in [3.8, 4) is 5.75 Å². The standard InChI is InChI=1S/C15H26N2O2/c1-10-8-17-12(11(2)13(10)19-6)7-15(18,9-16)14(3,4)5/h8,18H,7,9,16H2,1-6H3. The van der Waals surface area contributed by atoms with E-state index in [1.165, 1.54) is 0 Å². The lowest BCUT2D eigenvalue weighted by Gasteiger charge is -2.39. The molecule has 0 spiro atoms. The minimum Gasteiger partial charge on any atom is -0.496 e.